The van der Waals surface area contributed by atoms with Gasteiger partial charge in [0.15, 0.2) is 0 Å². The van der Waals surface area contributed by atoms with Crippen LogP contribution in [-0.2, 0) is 4.79 Å². The molecule has 0 aliphatic heterocycles. The maximum atomic E-state index is 12.4. The van der Waals surface area contributed by atoms with Crippen molar-refractivity contribution in [2.45, 2.75) is 26.7 Å². The number of amides is 1. The number of aryl methyl sites for hydroxylation is 2. The number of carbonyl (C=O) groups excluding carboxylic acids is 1. The molecular weight excluding hydrogens is 278 g/mol. The number of nitrogens with one attached hydrogen (secondary N) is 1. The molecule has 0 fully saturated rings. The molecule has 0 aliphatic rings. The van der Waals surface area contributed by atoms with Gasteiger partial charge in [-0.25, -0.2) is 0 Å². The smallest absolute Gasteiger partial charge is 0.310 e. The van der Waals surface area contributed by atoms with Crippen molar-refractivity contribution in [3.05, 3.63) is 64.7 Å². The fourth-order valence-corrected chi connectivity index (χ4v) is 2.29. The fourth-order valence-electron chi connectivity index (χ4n) is 2.29. The molecule has 2 N–H and O–H groups in total. The van der Waals surface area contributed by atoms with E-state index in [0.29, 0.717) is 11.1 Å². The Labute approximate surface area is 129 Å². The van der Waals surface area contributed by atoms with E-state index in [9.17, 15) is 9.59 Å². The Hall–Kier alpha value is -2.62. The van der Waals surface area contributed by atoms with Crippen molar-refractivity contribution < 1.29 is 14.7 Å². The Morgan fingerprint density at radius 1 is 1.05 bits per heavy atom. The van der Waals surface area contributed by atoms with Crippen LogP contribution in [0.3, 0.4) is 0 Å². The Balaban J connectivity index is 2.27. The number of carbonyl (C=O) groups is 2. The summed E-state index contributed by atoms with van der Waals surface area (Å²) in [6, 6.07) is 12.5. The van der Waals surface area contributed by atoms with E-state index >= 15 is 0 Å². The van der Waals surface area contributed by atoms with Gasteiger partial charge >= 0.3 is 5.97 Å². The number of benzene rings is 2. The number of anilines is 1. The molecule has 0 aliphatic carbocycles. The van der Waals surface area contributed by atoms with Crippen LogP contribution in [0.15, 0.2) is 42.5 Å². The summed E-state index contributed by atoms with van der Waals surface area (Å²) in [4.78, 5) is 23.5. The highest BCUT2D eigenvalue weighted by Crippen LogP contribution is 2.21. The second kappa shape index (κ2) is 6.43. The summed E-state index contributed by atoms with van der Waals surface area (Å²) < 4.78 is 0. The first-order valence-electron chi connectivity index (χ1n) is 7.10. The van der Waals surface area contributed by atoms with Crippen LogP contribution in [0, 0.1) is 13.8 Å². The van der Waals surface area contributed by atoms with Crippen molar-refractivity contribution in [1.29, 1.82) is 0 Å². The summed E-state index contributed by atoms with van der Waals surface area (Å²) in [7, 11) is 0. The summed E-state index contributed by atoms with van der Waals surface area (Å²) in [6.45, 7) is 5.47. The molecule has 22 heavy (non-hydrogen) atoms. The second-order valence-corrected chi connectivity index (χ2v) is 5.41. The average Bonchev–Trinajstić information content (AvgIpc) is 2.50. The lowest BCUT2D eigenvalue weighted by molar-refractivity contribution is -0.138. The lowest BCUT2D eigenvalue weighted by Gasteiger charge is -2.13. The Kier molecular flexibility index (Phi) is 4.61. The van der Waals surface area contributed by atoms with Crippen molar-refractivity contribution in [1.82, 2.24) is 0 Å². The van der Waals surface area contributed by atoms with Gasteiger partial charge in [-0.05, 0) is 49.6 Å². The van der Waals surface area contributed by atoms with Gasteiger partial charge in [-0.15, -0.1) is 0 Å². The highest BCUT2D eigenvalue weighted by atomic mass is 16.4. The van der Waals surface area contributed by atoms with Gasteiger partial charge in [0.1, 0.15) is 0 Å². The van der Waals surface area contributed by atoms with Gasteiger partial charge in [0.25, 0.3) is 5.91 Å². The standard InChI is InChI=1S/C18H19NO3/c1-11-6-4-7-12(2)16(11)19-17(20)15-9-5-8-14(10-15)13(3)18(21)22/h4-10,13H,1-3H3,(H,19,20)(H,21,22). The lowest BCUT2D eigenvalue weighted by atomic mass is 9.99. The summed E-state index contributed by atoms with van der Waals surface area (Å²) in [6.07, 6.45) is 0. The molecule has 0 aromatic heterocycles. The molecule has 2 aromatic carbocycles. The van der Waals surface area contributed by atoms with Crippen LogP contribution >= 0.6 is 0 Å². The normalized spacial score (nSPS) is 11.8. The number of carboxylic acids is 1. The number of para-hydroxylation sites is 1. The minimum atomic E-state index is -0.910. The molecule has 4 heteroatoms. The predicted octanol–water partition coefficient (Wildman–Crippen LogP) is 3.74. The molecule has 2 aromatic rings. The van der Waals surface area contributed by atoms with Gasteiger partial charge < -0.3 is 10.4 Å². The Morgan fingerprint density at radius 2 is 1.64 bits per heavy atom. The van der Waals surface area contributed by atoms with Gasteiger partial charge in [0.05, 0.1) is 5.92 Å². The summed E-state index contributed by atoms with van der Waals surface area (Å²) in [5.74, 6) is -1.79. The fraction of sp³-hybridized carbons (Fsp3) is 0.222. The number of aliphatic carboxylic acids is 1. The van der Waals surface area contributed by atoms with Crippen molar-refractivity contribution in [2.75, 3.05) is 5.32 Å². The minimum Gasteiger partial charge on any atom is -0.481 e. The third kappa shape index (κ3) is 3.34. The van der Waals surface area contributed by atoms with Gasteiger partial charge in [-0.1, -0.05) is 30.3 Å². The third-order valence-corrected chi connectivity index (χ3v) is 3.74. The van der Waals surface area contributed by atoms with E-state index in [4.69, 9.17) is 5.11 Å². The van der Waals surface area contributed by atoms with Gasteiger partial charge in [-0.2, -0.15) is 0 Å². The van der Waals surface area contributed by atoms with E-state index in [2.05, 4.69) is 5.32 Å². The largest absolute Gasteiger partial charge is 0.481 e. The first-order chi connectivity index (χ1) is 10.4. The second-order valence-electron chi connectivity index (χ2n) is 5.41. The molecule has 1 atom stereocenters. The van der Waals surface area contributed by atoms with Crippen LogP contribution in [0.2, 0.25) is 0 Å². The molecule has 0 bridgehead atoms. The lowest BCUT2D eigenvalue weighted by Crippen LogP contribution is -2.15. The monoisotopic (exact) mass is 297 g/mol. The average molecular weight is 297 g/mol. The quantitative estimate of drug-likeness (QED) is 0.903. The van der Waals surface area contributed by atoms with E-state index < -0.39 is 11.9 Å². The predicted molar refractivity (Wildman–Crippen MR) is 86.4 cm³/mol. The van der Waals surface area contributed by atoms with Crippen molar-refractivity contribution >= 4 is 17.6 Å². The number of carboxylic acid groups (broad SMARTS) is 1. The molecular formula is C18H19NO3. The van der Waals surface area contributed by atoms with Crippen molar-refractivity contribution in [3.8, 4) is 0 Å². The number of rotatable bonds is 4. The van der Waals surface area contributed by atoms with E-state index in [1.807, 2.05) is 32.0 Å². The Bertz CT molecular complexity index is 702. The zero-order valence-corrected chi connectivity index (χ0v) is 12.9. The third-order valence-electron chi connectivity index (χ3n) is 3.74. The van der Waals surface area contributed by atoms with Crippen LogP contribution < -0.4 is 5.32 Å². The van der Waals surface area contributed by atoms with Crippen LogP contribution in [0.25, 0.3) is 0 Å². The SMILES string of the molecule is Cc1cccc(C)c1NC(=O)c1cccc(C(C)C(=O)O)c1. The molecule has 0 spiro atoms. The van der Waals surface area contributed by atoms with E-state index in [0.717, 1.165) is 16.8 Å². The van der Waals surface area contributed by atoms with Gasteiger partial charge in [0, 0.05) is 11.3 Å². The van der Waals surface area contributed by atoms with Crippen LogP contribution in [-0.4, -0.2) is 17.0 Å². The van der Waals surface area contributed by atoms with Crippen LogP contribution in [0.1, 0.15) is 39.9 Å². The van der Waals surface area contributed by atoms with Gasteiger partial charge in [0.2, 0.25) is 0 Å². The molecule has 114 valence electrons. The van der Waals surface area contributed by atoms with Gasteiger partial charge in [-0.3, -0.25) is 9.59 Å². The number of hydrogen-bond donors (Lipinski definition) is 2. The van der Waals surface area contributed by atoms with Crippen LogP contribution in [0.4, 0.5) is 5.69 Å². The zero-order chi connectivity index (χ0) is 16.3. The van der Waals surface area contributed by atoms with Crippen molar-refractivity contribution in [2.24, 2.45) is 0 Å². The molecule has 0 saturated heterocycles. The zero-order valence-electron chi connectivity index (χ0n) is 12.9. The van der Waals surface area contributed by atoms with E-state index in [1.165, 1.54) is 0 Å². The topological polar surface area (TPSA) is 66.4 Å². The Morgan fingerprint density at radius 3 is 2.23 bits per heavy atom. The van der Waals surface area contributed by atoms with Crippen LogP contribution in [0.5, 0.6) is 0 Å². The maximum Gasteiger partial charge on any atom is 0.310 e. The van der Waals surface area contributed by atoms with E-state index in [1.54, 1.807) is 31.2 Å². The van der Waals surface area contributed by atoms with E-state index in [-0.39, 0.29) is 5.91 Å². The summed E-state index contributed by atoms with van der Waals surface area (Å²) >= 11 is 0. The van der Waals surface area contributed by atoms with Crippen molar-refractivity contribution in [3.63, 3.8) is 0 Å². The maximum absolute atomic E-state index is 12.4. The highest BCUT2D eigenvalue weighted by molar-refractivity contribution is 6.05. The highest BCUT2D eigenvalue weighted by Gasteiger charge is 2.16. The summed E-state index contributed by atoms with van der Waals surface area (Å²) in [5.41, 5.74) is 3.84. The summed E-state index contributed by atoms with van der Waals surface area (Å²) in [5, 5.41) is 12.0. The molecule has 4 nitrogen and oxygen atoms in total. The first-order valence-corrected chi connectivity index (χ1v) is 7.10. The molecule has 0 saturated carbocycles. The minimum absolute atomic E-state index is 0.239. The molecule has 0 heterocycles. The molecule has 1 unspecified atom stereocenters. The molecule has 1 amide bonds. The number of hydrogen-bond acceptors (Lipinski definition) is 2. The molecule has 2 rings (SSSR count). The molecule has 0 radical (unpaired) electrons. The first kappa shape index (κ1) is 15.8.